The van der Waals surface area contributed by atoms with Crippen LogP contribution in [0.1, 0.15) is 12.8 Å². The molecule has 164 valence electrons. The van der Waals surface area contributed by atoms with E-state index in [-0.39, 0.29) is 0 Å². The molecule has 6 nitrogen and oxygen atoms in total. The SMILES string of the molecule is CN1CCN(c2ccc(-c3ccc(SN4CCC=C(C(=O)NO)CC4)cc3)cc2)CC1. The second-order valence-corrected chi connectivity index (χ2v) is 9.26. The molecule has 2 heterocycles. The second-order valence-electron chi connectivity index (χ2n) is 8.09. The number of hydrogen-bond donors (Lipinski definition) is 2. The number of carbonyl (C=O) groups excluding carboxylic acids is 1. The van der Waals surface area contributed by atoms with E-state index in [1.807, 2.05) is 6.08 Å². The first-order valence-corrected chi connectivity index (χ1v) is 11.6. The fourth-order valence-corrected chi connectivity index (χ4v) is 4.93. The van der Waals surface area contributed by atoms with Crippen molar-refractivity contribution in [2.75, 3.05) is 51.2 Å². The summed E-state index contributed by atoms with van der Waals surface area (Å²) >= 11 is 1.72. The van der Waals surface area contributed by atoms with Gasteiger partial charge in [-0.1, -0.05) is 30.3 Å². The molecule has 0 aliphatic carbocycles. The molecule has 2 aromatic carbocycles. The molecule has 0 unspecified atom stereocenters. The highest BCUT2D eigenvalue weighted by molar-refractivity contribution is 7.97. The number of likely N-dealkylation sites (N-methyl/N-ethyl adjacent to an activating group) is 1. The van der Waals surface area contributed by atoms with Crippen LogP contribution in [0.5, 0.6) is 0 Å². The largest absolute Gasteiger partial charge is 0.369 e. The molecule has 0 spiro atoms. The van der Waals surface area contributed by atoms with Crippen LogP contribution in [-0.4, -0.2) is 66.6 Å². The Hall–Kier alpha value is -2.32. The summed E-state index contributed by atoms with van der Waals surface area (Å²) in [5.74, 6) is -0.394. The lowest BCUT2D eigenvalue weighted by atomic mass is 10.1. The highest BCUT2D eigenvalue weighted by atomic mass is 32.2. The molecule has 1 amide bonds. The molecule has 0 atom stereocenters. The van der Waals surface area contributed by atoms with Crippen molar-refractivity contribution in [2.45, 2.75) is 17.7 Å². The number of nitrogens with zero attached hydrogens (tertiary/aromatic N) is 3. The summed E-state index contributed by atoms with van der Waals surface area (Å²) in [6.45, 7) is 6.05. The van der Waals surface area contributed by atoms with Gasteiger partial charge in [-0.15, -0.1) is 0 Å². The maximum atomic E-state index is 11.6. The number of piperazine rings is 1. The van der Waals surface area contributed by atoms with E-state index < -0.39 is 5.91 Å². The summed E-state index contributed by atoms with van der Waals surface area (Å²) in [6, 6.07) is 17.6. The van der Waals surface area contributed by atoms with E-state index in [4.69, 9.17) is 5.21 Å². The van der Waals surface area contributed by atoms with Crippen molar-refractivity contribution < 1.29 is 10.0 Å². The maximum absolute atomic E-state index is 11.6. The van der Waals surface area contributed by atoms with Crippen LogP contribution in [0.15, 0.2) is 65.1 Å². The molecule has 1 saturated heterocycles. The minimum Gasteiger partial charge on any atom is -0.369 e. The van der Waals surface area contributed by atoms with E-state index in [1.54, 1.807) is 17.4 Å². The lowest BCUT2D eigenvalue weighted by Crippen LogP contribution is -2.44. The summed E-state index contributed by atoms with van der Waals surface area (Å²) in [6.07, 6.45) is 3.35. The predicted octanol–water partition coefficient (Wildman–Crippen LogP) is 3.64. The number of benzene rings is 2. The number of amides is 1. The highest BCUT2D eigenvalue weighted by Crippen LogP contribution is 2.29. The summed E-state index contributed by atoms with van der Waals surface area (Å²) in [4.78, 5) is 17.6. The van der Waals surface area contributed by atoms with E-state index in [9.17, 15) is 4.79 Å². The van der Waals surface area contributed by atoms with Crippen molar-refractivity contribution in [2.24, 2.45) is 0 Å². The first-order chi connectivity index (χ1) is 15.1. The molecule has 0 radical (unpaired) electrons. The van der Waals surface area contributed by atoms with E-state index in [0.29, 0.717) is 12.0 Å². The Labute approximate surface area is 188 Å². The van der Waals surface area contributed by atoms with Gasteiger partial charge in [0.25, 0.3) is 5.91 Å². The average molecular weight is 439 g/mol. The Kier molecular flexibility index (Phi) is 7.29. The monoisotopic (exact) mass is 438 g/mol. The molecule has 2 aliphatic rings. The van der Waals surface area contributed by atoms with Crippen LogP contribution in [0.2, 0.25) is 0 Å². The molecular weight excluding hydrogens is 408 g/mol. The Morgan fingerprint density at radius 1 is 0.903 bits per heavy atom. The quantitative estimate of drug-likeness (QED) is 0.422. The van der Waals surface area contributed by atoms with Crippen molar-refractivity contribution in [1.29, 1.82) is 0 Å². The Bertz CT molecular complexity index is 906. The van der Waals surface area contributed by atoms with E-state index in [2.05, 4.69) is 69.7 Å². The molecule has 31 heavy (non-hydrogen) atoms. The predicted molar refractivity (Wildman–Crippen MR) is 126 cm³/mol. The smallest absolute Gasteiger partial charge is 0.270 e. The van der Waals surface area contributed by atoms with Crippen LogP contribution in [0, 0.1) is 0 Å². The summed E-state index contributed by atoms with van der Waals surface area (Å²) in [5.41, 5.74) is 6.13. The molecule has 7 heteroatoms. The third-order valence-electron chi connectivity index (χ3n) is 5.95. The molecule has 2 N–H and O–H groups in total. The van der Waals surface area contributed by atoms with Crippen LogP contribution in [0.4, 0.5) is 5.69 Å². The number of rotatable bonds is 5. The average Bonchev–Trinajstić information content (AvgIpc) is 3.05. The van der Waals surface area contributed by atoms with Gasteiger partial charge in [-0.2, -0.15) is 0 Å². The van der Waals surface area contributed by atoms with Gasteiger partial charge in [0.1, 0.15) is 0 Å². The second kappa shape index (κ2) is 10.3. The molecule has 0 saturated carbocycles. The molecule has 2 aromatic rings. The van der Waals surface area contributed by atoms with Crippen molar-refractivity contribution in [3.63, 3.8) is 0 Å². The van der Waals surface area contributed by atoms with Gasteiger partial charge in [-0.3, -0.25) is 10.0 Å². The van der Waals surface area contributed by atoms with Gasteiger partial charge < -0.3 is 9.80 Å². The zero-order valence-electron chi connectivity index (χ0n) is 18.0. The van der Waals surface area contributed by atoms with Gasteiger partial charge in [-0.05, 0) is 67.2 Å². The minimum absolute atomic E-state index is 0.394. The summed E-state index contributed by atoms with van der Waals surface area (Å²) in [7, 11) is 2.18. The van der Waals surface area contributed by atoms with Crippen molar-refractivity contribution in [3.8, 4) is 11.1 Å². The summed E-state index contributed by atoms with van der Waals surface area (Å²) < 4.78 is 2.27. The van der Waals surface area contributed by atoms with Crippen LogP contribution in [0.25, 0.3) is 11.1 Å². The number of nitrogens with one attached hydrogen (secondary N) is 1. The molecular formula is C24H30N4O2S. The first kappa shape index (κ1) is 21.9. The molecule has 0 aromatic heterocycles. The normalized spacial score (nSPS) is 18.4. The zero-order valence-corrected chi connectivity index (χ0v) is 18.8. The molecule has 4 rings (SSSR count). The number of anilines is 1. The van der Waals surface area contributed by atoms with Gasteiger partial charge in [-0.25, -0.2) is 9.79 Å². The zero-order chi connectivity index (χ0) is 21.6. The van der Waals surface area contributed by atoms with Crippen LogP contribution < -0.4 is 10.4 Å². The van der Waals surface area contributed by atoms with Crippen molar-refractivity contribution >= 4 is 23.5 Å². The van der Waals surface area contributed by atoms with Gasteiger partial charge in [0.05, 0.1) is 0 Å². The lowest BCUT2D eigenvalue weighted by Gasteiger charge is -2.34. The minimum atomic E-state index is -0.394. The Balaban J connectivity index is 1.34. The van der Waals surface area contributed by atoms with Crippen LogP contribution in [-0.2, 0) is 4.79 Å². The van der Waals surface area contributed by atoms with Crippen LogP contribution in [0.3, 0.4) is 0 Å². The Morgan fingerprint density at radius 3 is 2.19 bits per heavy atom. The number of hydroxylamine groups is 1. The standard InChI is InChI=1S/C24H30N4O2S/c1-26-15-17-27(18-16-26)22-8-4-19(5-9-22)20-6-10-23(11-7-20)31-28-13-2-3-21(12-14-28)24(29)25-30/h3-11,30H,2,12-18H2,1H3,(H,25,29). The lowest BCUT2D eigenvalue weighted by molar-refractivity contribution is -0.125. The fourth-order valence-electron chi connectivity index (χ4n) is 4.00. The van der Waals surface area contributed by atoms with E-state index >= 15 is 0 Å². The van der Waals surface area contributed by atoms with Gasteiger partial charge in [0.15, 0.2) is 0 Å². The van der Waals surface area contributed by atoms with Gasteiger partial charge >= 0.3 is 0 Å². The van der Waals surface area contributed by atoms with E-state index in [1.165, 1.54) is 21.7 Å². The van der Waals surface area contributed by atoms with Crippen molar-refractivity contribution in [1.82, 2.24) is 14.7 Å². The third kappa shape index (κ3) is 5.68. The molecule has 0 bridgehead atoms. The van der Waals surface area contributed by atoms with Crippen LogP contribution >= 0.6 is 11.9 Å². The third-order valence-corrected chi connectivity index (χ3v) is 7.06. The molecule has 2 aliphatic heterocycles. The Morgan fingerprint density at radius 2 is 1.55 bits per heavy atom. The number of carbonyl (C=O) groups is 1. The first-order valence-electron chi connectivity index (χ1n) is 10.8. The number of hydrogen-bond acceptors (Lipinski definition) is 6. The highest BCUT2D eigenvalue weighted by Gasteiger charge is 2.16. The van der Waals surface area contributed by atoms with Gasteiger partial charge in [0.2, 0.25) is 0 Å². The summed E-state index contributed by atoms with van der Waals surface area (Å²) in [5, 5.41) is 8.83. The van der Waals surface area contributed by atoms with Crippen molar-refractivity contribution in [3.05, 3.63) is 60.2 Å². The molecule has 1 fully saturated rings. The topological polar surface area (TPSA) is 59.0 Å². The van der Waals surface area contributed by atoms with E-state index in [0.717, 1.165) is 45.7 Å². The van der Waals surface area contributed by atoms with Gasteiger partial charge in [0, 0.05) is 55.4 Å². The maximum Gasteiger partial charge on any atom is 0.270 e. The fraction of sp³-hybridized carbons (Fsp3) is 0.375.